The molecule has 0 aliphatic carbocycles. The van der Waals surface area contributed by atoms with Crippen LogP contribution < -0.4 is 10.9 Å². The summed E-state index contributed by atoms with van der Waals surface area (Å²) in [6.45, 7) is 0.411. The van der Waals surface area contributed by atoms with Crippen molar-refractivity contribution in [3.8, 4) is 0 Å². The Labute approximate surface area is 156 Å². The van der Waals surface area contributed by atoms with Gasteiger partial charge < -0.3 is 14.8 Å². The first kappa shape index (κ1) is 17.5. The van der Waals surface area contributed by atoms with Crippen molar-refractivity contribution in [2.24, 2.45) is 7.05 Å². The lowest BCUT2D eigenvalue weighted by Gasteiger charge is -2.22. The molecule has 0 saturated carbocycles. The lowest BCUT2D eigenvalue weighted by molar-refractivity contribution is 0.504. The van der Waals surface area contributed by atoms with Crippen LogP contribution in [0, 0.1) is 0 Å². The smallest absolute Gasteiger partial charge is 0.255 e. The summed E-state index contributed by atoms with van der Waals surface area (Å²) in [5, 5.41) is 5.24. The summed E-state index contributed by atoms with van der Waals surface area (Å²) in [6, 6.07) is 17.1. The number of nitrogens with zero attached hydrogens (tertiary/aromatic N) is 2. The van der Waals surface area contributed by atoms with E-state index in [4.69, 9.17) is 23.8 Å². The maximum atomic E-state index is 12.6. The van der Waals surface area contributed by atoms with Crippen molar-refractivity contribution in [2.45, 2.75) is 6.54 Å². The predicted molar refractivity (Wildman–Crippen MR) is 108 cm³/mol. The van der Waals surface area contributed by atoms with E-state index >= 15 is 0 Å². The van der Waals surface area contributed by atoms with Crippen LogP contribution in [0.2, 0.25) is 5.02 Å². The predicted octanol–water partition coefficient (Wildman–Crippen LogP) is 4.02. The molecule has 0 spiro atoms. The van der Waals surface area contributed by atoms with Crippen LogP contribution in [0.15, 0.2) is 59.4 Å². The van der Waals surface area contributed by atoms with Gasteiger partial charge in [0.1, 0.15) is 0 Å². The van der Waals surface area contributed by atoms with Gasteiger partial charge in [-0.2, -0.15) is 0 Å². The maximum Gasteiger partial charge on any atom is 0.255 e. The fraction of sp³-hybridized carbons (Fsp3) is 0.158. The number of benzene rings is 2. The number of aryl methyl sites for hydroxylation is 1. The summed E-state index contributed by atoms with van der Waals surface area (Å²) < 4.78 is 1.67. The molecule has 0 fully saturated rings. The Hall–Kier alpha value is -2.37. The average molecular weight is 372 g/mol. The number of hydrogen-bond donors (Lipinski definition) is 1. The van der Waals surface area contributed by atoms with Gasteiger partial charge in [0.25, 0.3) is 5.56 Å². The zero-order valence-electron chi connectivity index (χ0n) is 14.0. The molecule has 6 heteroatoms. The zero-order valence-corrected chi connectivity index (χ0v) is 15.6. The van der Waals surface area contributed by atoms with Crippen molar-refractivity contribution in [1.82, 2.24) is 9.47 Å². The highest BCUT2D eigenvalue weighted by atomic mass is 35.5. The first-order valence-corrected chi connectivity index (χ1v) is 8.60. The summed E-state index contributed by atoms with van der Waals surface area (Å²) in [6.07, 6.45) is 0. The molecule has 0 radical (unpaired) electrons. The summed E-state index contributed by atoms with van der Waals surface area (Å²) >= 11 is 11.6. The van der Waals surface area contributed by atoms with Gasteiger partial charge in [0.15, 0.2) is 5.11 Å². The number of halogens is 1. The van der Waals surface area contributed by atoms with Gasteiger partial charge in [-0.15, -0.1) is 0 Å². The Kier molecular flexibility index (Phi) is 5.06. The molecular formula is C19H18ClN3OS. The first-order valence-electron chi connectivity index (χ1n) is 7.81. The summed E-state index contributed by atoms with van der Waals surface area (Å²) in [7, 11) is 3.63. The number of rotatable bonds is 3. The Morgan fingerprint density at radius 3 is 2.64 bits per heavy atom. The van der Waals surface area contributed by atoms with E-state index in [-0.39, 0.29) is 5.56 Å². The Morgan fingerprint density at radius 1 is 1.20 bits per heavy atom. The van der Waals surface area contributed by atoms with Crippen LogP contribution in [0.25, 0.3) is 10.9 Å². The molecule has 128 valence electrons. The van der Waals surface area contributed by atoms with Gasteiger partial charge in [0.2, 0.25) is 0 Å². The second-order valence-electron chi connectivity index (χ2n) is 5.86. The Morgan fingerprint density at radius 2 is 1.88 bits per heavy atom. The van der Waals surface area contributed by atoms with Crippen molar-refractivity contribution < 1.29 is 0 Å². The molecule has 0 bridgehead atoms. The van der Waals surface area contributed by atoms with E-state index in [9.17, 15) is 4.79 Å². The van der Waals surface area contributed by atoms with Crippen LogP contribution in [0.3, 0.4) is 0 Å². The van der Waals surface area contributed by atoms with Crippen LogP contribution in [-0.4, -0.2) is 21.6 Å². The Balaban J connectivity index is 1.83. The van der Waals surface area contributed by atoms with Gasteiger partial charge in [0, 0.05) is 19.7 Å². The van der Waals surface area contributed by atoms with Gasteiger partial charge in [-0.05, 0) is 41.9 Å². The number of pyridine rings is 1. The molecule has 1 heterocycles. The minimum atomic E-state index is -0.0221. The second kappa shape index (κ2) is 7.25. The van der Waals surface area contributed by atoms with Crippen molar-refractivity contribution in [3.63, 3.8) is 0 Å². The van der Waals surface area contributed by atoms with Gasteiger partial charge >= 0.3 is 0 Å². The fourth-order valence-electron chi connectivity index (χ4n) is 2.70. The third-order valence-electron chi connectivity index (χ3n) is 4.08. The molecular weight excluding hydrogens is 354 g/mol. The standard InChI is InChI=1S/C19H18ClN3OS/c1-22(19(25)21-16-9-5-4-8-15(16)20)12-14-11-13-7-3-6-10-17(13)23(2)18(14)24/h3-11H,12H2,1-2H3,(H,21,25). The molecule has 0 unspecified atom stereocenters. The monoisotopic (exact) mass is 371 g/mol. The van der Waals surface area contributed by atoms with Crippen molar-refractivity contribution in [2.75, 3.05) is 12.4 Å². The minimum absolute atomic E-state index is 0.0221. The highest BCUT2D eigenvalue weighted by molar-refractivity contribution is 7.80. The first-order chi connectivity index (χ1) is 12.0. The highest BCUT2D eigenvalue weighted by Gasteiger charge is 2.12. The molecule has 4 nitrogen and oxygen atoms in total. The Bertz CT molecular complexity index is 999. The number of thiocarbonyl (C=S) groups is 1. The number of hydrogen-bond acceptors (Lipinski definition) is 2. The SMILES string of the molecule is CN(Cc1cc2ccccc2n(C)c1=O)C(=S)Nc1ccccc1Cl. The fourth-order valence-corrected chi connectivity index (χ4v) is 3.06. The number of para-hydroxylation sites is 2. The van der Waals surface area contributed by atoms with Crippen LogP contribution in [0.4, 0.5) is 5.69 Å². The molecule has 0 atom stereocenters. The largest absolute Gasteiger partial charge is 0.348 e. The molecule has 0 aliphatic heterocycles. The summed E-state index contributed by atoms with van der Waals surface area (Å²) in [5.74, 6) is 0. The van der Waals surface area contributed by atoms with Crippen LogP contribution >= 0.6 is 23.8 Å². The average Bonchev–Trinajstić information content (AvgIpc) is 2.61. The van der Waals surface area contributed by atoms with Crippen LogP contribution in [0.1, 0.15) is 5.56 Å². The number of nitrogens with one attached hydrogen (secondary N) is 1. The molecule has 1 N–H and O–H groups in total. The van der Waals surface area contributed by atoms with E-state index in [0.717, 1.165) is 16.6 Å². The van der Waals surface area contributed by atoms with E-state index in [1.54, 1.807) is 17.7 Å². The van der Waals surface area contributed by atoms with E-state index in [1.165, 1.54) is 0 Å². The lowest BCUT2D eigenvalue weighted by atomic mass is 10.1. The second-order valence-corrected chi connectivity index (χ2v) is 6.65. The molecule has 3 aromatic rings. The lowest BCUT2D eigenvalue weighted by Crippen LogP contribution is -2.33. The molecule has 0 aliphatic rings. The van der Waals surface area contributed by atoms with Gasteiger partial charge in [-0.25, -0.2) is 0 Å². The van der Waals surface area contributed by atoms with Crippen molar-refractivity contribution in [1.29, 1.82) is 0 Å². The van der Waals surface area contributed by atoms with Crippen molar-refractivity contribution >= 4 is 45.5 Å². The minimum Gasteiger partial charge on any atom is -0.348 e. The third-order valence-corrected chi connectivity index (χ3v) is 4.82. The van der Waals surface area contributed by atoms with Gasteiger partial charge in [0.05, 0.1) is 22.8 Å². The molecule has 3 rings (SSSR count). The maximum absolute atomic E-state index is 12.6. The van der Waals surface area contributed by atoms with E-state index in [0.29, 0.717) is 22.2 Å². The third kappa shape index (κ3) is 3.67. The number of fused-ring (bicyclic) bond motifs is 1. The van der Waals surface area contributed by atoms with Crippen LogP contribution in [-0.2, 0) is 13.6 Å². The topological polar surface area (TPSA) is 37.3 Å². The van der Waals surface area contributed by atoms with Gasteiger partial charge in [-0.1, -0.05) is 41.9 Å². The quantitative estimate of drug-likeness (QED) is 0.705. The zero-order chi connectivity index (χ0) is 18.0. The number of anilines is 1. The van der Waals surface area contributed by atoms with E-state index < -0.39 is 0 Å². The molecule has 1 aromatic heterocycles. The van der Waals surface area contributed by atoms with E-state index in [2.05, 4.69) is 5.32 Å². The van der Waals surface area contributed by atoms with Crippen molar-refractivity contribution in [3.05, 3.63) is 75.5 Å². The van der Waals surface area contributed by atoms with Crippen LogP contribution in [0.5, 0.6) is 0 Å². The molecule has 2 aromatic carbocycles. The van der Waals surface area contributed by atoms with Gasteiger partial charge in [-0.3, -0.25) is 4.79 Å². The summed E-state index contributed by atoms with van der Waals surface area (Å²) in [4.78, 5) is 14.4. The number of aromatic nitrogens is 1. The normalized spacial score (nSPS) is 10.7. The highest BCUT2D eigenvalue weighted by Crippen LogP contribution is 2.21. The summed E-state index contributed by atoms with van der Waals surface area (Å²) in [5.41, 5.74) is 2.32. The van der Waals surface area contributed by atoms with E-state index in [1.807, 2.05) is 60.5 Å². The molecule has 0 amide bonds. The molecule has 25 heavy (non-hydrogen) atoms. The molecule has 0 saturated heterocycles.